The van der Waals surface area contributed by atoms with Crippen molar-refractivity contribution in [3.8, 4) is 0 Å². The molecule has 0 unspecified atom stereocenters. The number of hydrogen-bond donors (Lipinski definition) is 1. The number of carbonyl (C=O) groups is 1. The second-order valence-electron chi connectivity index (χ2n) is 5.42. The first-order valence-corrected chi connectivity index (χ1v) is 9.11. The lowest BCUT2D eigenvalue weighted by molar-refractivity contribution is 0.0792. The standard InChI is InChI=1S/C15H23N3O4S/c1-3-22-15(19)18-10-8-17(9-11-18)12-16-23(20,21)14-6-4-13(2)5-7-14/h4-7,16H,3,8-12H2,1-2H3. The quantitative estimate of drug-likeness (QED) is 0.864. The van der Waals surface area contributed by atoms with Gasteiger partial charge in [-0.05, 0) is 26.0 Å². The number of ether oxygens (including phenoxy) is 1. The van der Waals surface area contributed by atoms with Crippen LogP contribution in [0.25, 0.3) is 0 Å². The number of sulfonamides is 1. The zero-order valence-electron chi connectivity index (χ0n) is 13.5. The summed E-state index contributed by atoms with van der Waals surface area (Å²) < 4.78 is 32.0. The first-order chi connectivity index (χ1) is 10.9. The SMILES string of the molecule is CCOC(=O)N1CCN(CNS(=O)(=O)c2ccc(C)cc2)CC1. The molecule has 128 valence electrons. The van der Waals surface area contributed by atoms with Gasteiger partial charge in [0.05, 0.1) is 18.2 Å². The molecule has 0 spiro atoms. The minimum absolute atomic E-state index is 0.229. The van der Waals surface area contributed by atoms with Crippen LogP contribution >= 0.6 is 0 Å². The molecule has 8 heteroatoms. The van der Waals surface area contributed by atoms with Gasteiger partial charge in [0.25, 0.3) is 0 Å². The first-order valence-electron chi connectivity index (χ1n) is 7.63. The lowest BCUT2D eigenvalue weighted by Crippen LogP contribution is -2.51. The Bertz CT molecular complexity index is 623. The van der Waals surface area contributed by atoms with Crippen molar-refractivity contribution in [3.05, 3.63) is 29.8 Å². The van der Waals surface area contributed by atoms with E-state index in [-0.39, 0.29) is 17.7 Å². The third-order valence-electron chi connectivity index (χ3n) is 3.71. The maximum Gasteiger partial charge on any atom is 0.409 e. The van der Waals surface area contributed by atoms with Crippen LogP contribution in [-0.4, -0.2) is 63.8 Å². The number of piperazine rings is 1. The molecule has 1 amide bonds. The minimum Gasteiger partial charge on any atom is -0.450 e. The number of benzene rings is 1. The van der Waals surface area contributed by atoms with Gasteiger partial charge < -0.3 is 9.64 Å². The van der Waals surface area contributed by atoms with Gasteiger partial charge in [-0.2, -0.15) is 4.72 Å². The molecule has 0 bridgehead atoms. The molecule has 1 N–H and O–H groups in total. The summed E-state index contributed by atoms with van der Waals surface area (Å²) in [6, 6.07) is 6.73. The van der Waals surface area contributed by atoms with Crippen molar-refractivity contribution in [2.24, 2.45) is 0 Å². The third-order valence-corrected chi connectivity index (χ3v) is 5.11. The van der Waals surface area contributed by atoms with Crippen LogP contribution in [0.2, 0.25) is 0 Å². The van der Waals surface area contributed by atoms with Crippen molar-refractivity contribution >= 4 is 16.1 Å². The Morgan fingerprint density at radius 1 is 1.17 bits per heavy atom. The van der Waals surface area contributed by atoms with Crippen molar-refractivity contribution in [2.75, 3.05) is 39.5 Å². The summed E-state index contributed by atoms with van der Waals surface area (Å²) in [5.74, 6) is 0. The van der Waals surface area contributed by atoms with Gasteiger partial charge in [-0.1, -0.05) is 17.7 Å². The molecule has 7 nitrogen and oxygen atoms in total. The summed E-state index contributed by atoms with van der Waals surface area (Å²) in [5, 5.41) is 0. The highest BCUT2D eigenvalue weighted by Gasteiger charge is 2.23. The fraction of sp³-hybridized carbons (Fsp3) is 0.533. The molecule has 0 saturated carbocycles. The van der Waals surface area contributed by atoms with Crippen molar-refractivity contribution in [2.45, 2.75) is 18.7 Å². The van der Waals surface area contributed by atoms with E-state index >= 15 is 0 Å². The van der Waals surface area contributed by atoms with Crippen LogP contribution in [0.15, 0.2) is 29.2 Å². The molecule has 1 heterocycles. The molecule has 0 radical (unpaired) electrons. The van der Waals surface area contributed by atoms with Crippen molar-refractivity contribution in [3.63, 3.8) is 0 Å². The van der Waals surface area contributed by atoms with E-state index in [1.807, 2.05) is 11.8 Å². The van der Waals surface area contributed by atoms with Crippen LogP contribution in [0.1, 0.15) is 12.5 Å². The molecule has 0 aliphatic carbocycles. The normalized spacial score (nSPS) is 16.3. The van der Waals surface area contributed by atoms with E-state index in [4.69, 9.17) is 4.74 Å². The van der Waals surface area contributed by atoms with E-state index < -0.39 is 10.0 Å². The molecule has 1 aromatic carbocycles. The molecule has 23 heavy (non-hydrogen) atoms. The number of aryl methyl sites for hydroxylation is 1. The summed E-state index contributed by atoms with van der Waals surface area (Å²) in [5.41, 5.74) is 1.01. The number of amides is 1. The van der Waals surface area contributed by atoms with Crippen LogP contribution in [-0.2, 0) is 14.8 Å². The van der Waals surface area contributed by atoms with Crippen molar-refractivity contribution < 1.29 is 17.9 Å². The van der Waals surface area contributed by atoms with Crippen molar-refractivity contribution in [1.29, 1.82) is 0 Å². The van der Waals surface area contributed by atoms with Crippen LogP contribution in [0.3, 0.4) is 0 Å². The largest absolute Gasteiger partial charge is 0.450 e. The molecule has 1 aliphatic heterocycles. The van der Waals surface area contributed by atoms with Gasteiger partial charge in [-0.3, -0.25) is 4.90 Å². The van der Waals surface area contributed by atoms with Crippen LogP contribution in [0.5, 0.6) is 0 Å². The minimum atomic E-state index is -3.51. The van der Waals surface area contributed by atoms with Gasteiger partial charge in [0, 0.05) is 26.2 Å². The Labute approximate surface area is 137 Å². The molecule has 0 aromatic heterocycles. The van der Waals surface area contributed by atoms with Gasteiger partial charge in [0.2, 0.25) is 10.0 Å². The summed E-state index contributed by atoms with van der Waals surface area (Å²) in [4.78, 5) is 15.5. The monoisotopic (exact) mass is 341 g/mol. The molecular formula is C15H23N3O4S. The van der Waals surface area contributed by atoms with Crippen LogP contribution < -0.4 is 4.72 Å². The van der Waals surface area contributed by atoms with Gasteiger partial charge in [0.15, 0.2) is 0 Å². The fourth-order valence-electron chi connectivity index (χ4n) is 2.28. The fourth-order valence-corrected chi connectivity index (χ4v) is 3.29. The first kappa shape index (κ1) is 17.7. The molecule has 0 atom stereocenters. The predicted molar refractivity (Wildman–Crippen MR) is 86.5 cm³/mol. The lowest BCUT2D eigenvalue weighted by atomic mass is 10.2. The lowest BCUT2D eigenvalue weighted by Gasteiger charge is -2.33. The average molecular weight is 341 g/mol. The number of hydrogen-bond acceptors (Lipinski definition) is 5. The number of nitrogens with one attached hydrogen (secondary N) is 1. The Hall–Kier alpha value is -1.64. The Morgan fingerprint density at radius 3 is 2.35 bits per heavy atom. The van der Waals surface area contributed by atoms with Crippen molar-refractivity contribution in [1.82, 2.24) is 14.5 Å². The second kappa shape index (κ2) is 7.76. The molecule has 1 saturated heterocycles. The zero-order valence-corrected chi connectivity index (χ0v) is 14.3. The highest BCUT2D eigenvalue weighted by molar-refractivity contribution is 7.89. The molecule has 1 fully saturated rings. The topological polar surface area (TPSA) is 79.0 Å². The molecule has 1 aliphatic rings. The van der Waals surface area contributed by atoms with E-state index in [0.29, 0.717) is 32.8 Å². The average Bonchev–Trinajstić information content (AvgIpc) is 2.54. The zero-order chi connectivity index (χ0) is 16.9. The van der Waals surface area contributed by atoms with E-state index in [1.165, 1.54) is 0 Å². The van der Waals surface area contributed by atoms with Gasteiger partial charge in [-0.25, -0.2) is 13.2 Å². The predicted octanol–water partition coefficient (Wildman–Crippen LogP) is 1.00. The smallest absolute Gasteiger partial charge is 0.409 e. The summed E-state index contributed by atoms with van der Waals surface area (Å²) in [6.07, 6.45) is -0.313. The van der Waals surface area contributed by atoms with Gasteiger partial charge in [0.1, 0.15) is 0 Å². The second-order valence-corrected chi connectivity index (χ2v) is 7.19. The molecule has 2 rings (SSSR count). The number of rotatable bonds is 5. The number of carbonyl (C=O) groups excluding carboxylic acids is 1. The number of nitrogens with zero attached hydrogens (tertiary/aromatic N) is 2. The van der Waals surface area contributed by atoms with E-state index in [1.54, 1.807) is 36.1 Å². The van der Waals surface area contributed by atoms with E-state index in [9.17, 15) is 13.2 Å². The highest BCUT2D eigenvalue weighted by atomic mass is 32.2. The highest BCUT2D eigenvalue weighted by Crippen LogP contribution is 2.10. The summed E-state index contributed by atoms with van der Waals surface area (Å²) in [6.45, 7) is 6.55. The van der Waals surface area contributed by atoms with E-state index in [0.717, 1.165) is 5.56 Å². The molecule has 1 aromatic rings. The maximum absolute atomic E-state index is 12.2. The van der Waals surface area contributed by atoms with Crippen LogP contribution in [0.4, 0.5) is 4.79 Å². The summed E-state index contributed by atoms with van der Waals surface area (Å²) in [7, 11) is -3.51. The molecular weight excluding hydrogens is 318 g/mol. The maximum atomic E-state index is 12.2. The summed E-state index contributed by atoms with van der Waals surface area (Å²) >= 11 is 0. The van der Waals surface area contributed by atoms with Gasteiger partial charge in [-0.15, -0.1) is 0 Å². The van der Waals surface area contributed by atoms with Gasteiger partial charge >= 0.3 is 6.09 Å². The van der Waals surface area contributed by atoms with E-state index in [2.05, 4.69) is 4.72 Å². The Kier molecular flexibility index (Phi) is 5.97. The third kappa shape index (κ3) is 4.92. The Balaban J connectivity index is 1.83. The Morgan fingerprint density at radius 2 is 1.78 bits per heavy atom. The van der Waals surface area contributed by atoms with Crippen LogP contribution in [0, 0.1) is 6.92 Å².